The van der Waals surface area contributed by atoms with E-state index >= 15 is 0 Å². The van der Waals surface area contributed by atoms with E-state index in [0.29, 0.717) is 36.6 Å². The third kappa shape index (κ3) is 5.38. The van der Waals surface area contributed by atoms with Gasteiger partial charge in [-0.15, -0.1) is 0 Å². The summed E-state index contributed by atoms with van der Waals surface area (Å²) in [6, 6.07) is 5.25. The lowest BCUT2D eigenvalue weighted by molar-refractivity contribution is -0.121. The van der Waals surface area contributed by atoms with Gasteiger partial charge in [-0.05, 0) is 67.7 Å². The monoisotopic (exact) mass is 416 g/mol. The highest BCUT2D eigenvalue weighted by Gasteiger charge is 2.30. The number of rotatable bonds is 2. The Morgan fingerprint density at radius 2 is 1.92 bits per heavy atom. The van der Waals surface area contributed by atoms with Gasteiger partial charge in [-0.25, -0.2) is 4.79 Å². The molecule has 24 heavy (non-hydrogen) atoms. The smallest absolute Gasteiger partial charge is 0.410 e. The van der Waals surface area contributed by atoms with Crippen LogP contribution in [0.1, 0.15) is 33.6 Å². The molecule has 1 heterocycles. The van der Waals surface area contributed by atoms with Gasteiger partial charge in [0, 0.05) is 28.5 Å². The molecule has 132 valence electrons. The molecule has 1 aromatic carbocycles. The molecule has 1 aliphatic rings. The molecule has 1 fully saturated rings. The van der Waals surface area contributed by atoms with Crippen LogP contribution in [0.2, 0.25) is 5.02 Å². The topological polar surface area (TPSA) is 58.6 Å². The largest absolute Gasteiger partial charge is 0.444 e. The number of likely N-dealkylation sites (tertiary alicyclic amines) is 1. The lowest BCUT2D eigenvalue weighted by atomic mass is 9.96. The molecule has 5 nitrogen and oxygen atoms in total. The number of anilines is 1. The lowest BCUT2D eigenvalue weighted by Gasteiger charge is -2.33. The molecule has 0 radical (unpaired) electrons. The fraction of sp³-hybridized carbons (Fsp3) is 0.529. The van der Waals surface area contributed by atoms with Gasteiger partial charge in [0.2, 0.25) is 5.91 Å². The summed E-state index contributed by atoms with van der Waals surface area (Å²) < 4.78 is 6.15. The molecule has 1 saturated heterocycles. The highest BCUT2D eigenvalue weighted by atomic mass is 79.9. The summed E-state index contributed by atoms with van der Waals surface area (Å²) in [7, 11) is 0. The van der Waals surface area contributed by atoms with Gasteiger partial charge in [0.1, 0.15) is 5.60 Å². The summed E-state index contributed by atoms with van der Waals surface area (Å²) in [5.74, 6) is -0.184. The van der Waals surface area contributed by atoms with Crippen molar-refractivity contribution in [2.75, 3.05) is 18.4 Å². The molecule has 7 heteroatoms. The first kappa shape index (κ1) is 19.1. The predicted molar refractivity (Wildman–Crippen MR) is 98.3 cm³/mol. The molecule has 1 N–H and O–H groups in total. The van der Waals surface area contributed by atoms with Crippen molar-refractivity contribution in [1.29, 1.82) is 0 Å². The summed E-state index contributed by atoms with van der Waals surface area (Å²) in [6.07, 6.45) is 0.908. The molecule has 0 aromatic heterocycles. The molecule has 0 saturated carbocycles. The SMILES string of the molecule is CC(C)(C)OC(=O)N1CCC(C(=O)Nc2cc(Cl)ccc2Br)CC1. The molecule has 0 atom stereocenters. The minimum absolute atomic E-state index is 0.0539. The maximum Gasteiger partial charge on any atom is 0.410 e. The van der Waals surface area contributed by atoms with E-state index in [1.165, 1.54) is 0 Å². The fourth-order valence-corrected chi connectivity index (χ4v) is 3.00. The molecule has 0 bridgehead atoms. The zero-order valence-electron chi connectivity index (χ0n) is 14.1. The number of benzene rings is 1. The number of piperidine rings is 1. The van der Waals surface area contributed by atoms with Crippen LogP contribution in [0.25, 0.3) is 0 Å². The molecular formula is C17H22BrClN2O3. The average molecular weight is 418 g/mol. The predicted octanol–water partition coefficient (Wildman–Crippen LogP) is 4.69. The molecule has 1 aromatic rings. The van der Waals surface area contributed by atoms with Crippen molar-refractivity contribution in [1.82, 2.24) is 4.90 Å². The number of nitrogens with zero attached hydrogens (tertiary/aromatic N) is 1. The summed E-state index contributed by atoms with van der Waals surface area (Å²) >= 11 is 9.36. The van der Waals surface area contributed by atoms with Crippen LogP contribution in [0.5, 0.6) is 0 Å². The summed E-state index contributed by atoms with van der Waals surface area (Å²) in [5, 5.41) is 3.46. The lowest BCUT2D eigenvalue weighted by Crippen LogP contribution is -2.43. The second-order valence-corrected chi connectivity index (χ2v) is 8.15. The van der Waals surface area contributed by atoms with E-state index in [-0.39, 0.29) is 17.9 Å². The highest BCUT2D eigenvalue weighted by molar-refractivity contribution is 9.10. The van der Waals surface area contributed by atoms with Gasteiger partial charge in [-0.1, -0.05) is 11.6 Å². The number of halogens is 2. The van der Waals surface area contributed by atoms with Crippen LogP contribution < -0.4 is 5.32 Å². The second-order valence-electron chi connectivity index (χ2n) is 6.86. The number of nitrogens with one attached hydrogen (secondary N) is 1. The Bertz CT molecular complexity index is 623. The Morgan fingerprint density at radius 1 is 1.29 bits per heavy atom. The molecule has 1 aliphatic heterocycles. The van der Waals surface area contributed by atoms with E-state index in [1.807, 2.05) is 20.8 Å². The Balaban J connectivity index is 1.89. The Morgan fingerprint density at radius 3 is 2.50 bits per heavy atom. The van der Waals surface area contributed by atoms with Crippen molar-refractivity contribution in [2.45, 2.75) is 39.2 Å². The first-order valence-electron chi connectivity index (χ1n) is 7.89. The van der Waals surface area contributed by atoms with E-state index in [4.69, 9.17) is 16.3 Å². The van der Waals surface area contributed by atoms with Gasteiger partial charge in [-0.2, -0.15) is 0 Å². The number of carbonyl (C=O) groups excluding carboxylic acids is 2. The fourth-order valence-electron chi connectivity index (χ4n) is 2.48. The van der Waals surface area contributed by atoms with Gasteiger partial charge in [-0.3, -0.25) is 4.79 Å². The number of ether oxygens (including phenoxy) is 1. The minimum atomic E-state index is -0.510. The number of hydrogen-bond acceptors (Lipinski definition) is 3. The standard InChI is InChI=1S/C17H22BrClN2O3/c1-17(2,3)24-16(23)21-8-6-11(7-9-21)15(22)20-14-10-12(19)4-5-13(14)18/h4-5,10-11H,6-9H2,1-3H3,(H,20,22). The minimum Gasteiger partial charge on any atom is -0.444 e. The zero-order valence-corrected chi connectivity index (χ0v) is 16.4. The Labute approximate surface area is 155 Å². The van der Waals surface area contributed by atoms with E-state index in [1.54, 1.807) is 23.1 Å². The maximum atomic E-state index is 12.4. The Kier molecular flexibility index (Phi) is 6.15. The summed E-state index contributed by atoms with van der Waals surface area (Å²) in [4.78, 5) is 26.1. The van der Waals surface area contributed by atoms with Gasteiger partial charge < -0.3 is 15.0 Å². The van der Waals surface area contributed by atoms with Crippen LogP contribution in [0.15, 0.2) is 22.7 Å². The molecule has 2 rings (SSSR count). The first-order chi connectivity index (χ1) is 11.2. The molecule has 0 spiro atoms. The quantitative estimate of drug-likeness (QED) is 0.759. The van der Waals surface area contributed by atoms with Crippen molar-refractivity contribution < 1.29 is 14.3 Å². The maximum absolute atomic E-state index is 12.4. The normalized spacial score (nSPS) is 16.0. The Hall–Kier alpha value is -1.27. The van der Waals surface area contributed by atoms with Crippen molar-refractivity contribution >= 4 is 45.2 Å². The number of hydrogen-bond donors (Lipinski definition) is 1. The second kappa shape index (κ2) is 7.74. The first-order valence-corrected chi connectivity index (χ1v) is 9.06. The van der Waals surface area contributed by atoms with E-state index < -0.39 is 5.60 Å². The average Bonchev–Trinajstić information content (AvgIpc) is 2.49. The van der Waals surface area contributed by atoms with Crippen molar-refractivity contribution in [2.24, 2.45) is 5.92 Å². The highest BCUT2D eigenvalue weighted by Crippen LogP contribution is 2.28. The van der Waals surface area contributed by atoms with Crippen LogP contribution >= 0.6 is 27.5 Å². The zero-order chi connectivity index (χ0) is 17.9. The van der Waals surface area contributed by atoms with E-state index in [0.717, 1.165) is 4.47 Å². The van der Waals surface area contributed by atoms with E-state index in [9.17, 15) is 9.59 Å². The molecule has 0 aliphatic carbocycles. The van der Waals surface area contributed by atoms with Gasteiger partial charge in [0.15, 0.2) is 0 Å². The van der Waals surface area contributed by atoms with Gasteiger partial charge >= 0.3 is 6.09 Å². The summed E-state index contributed by atoms with van der Waals surface area (Å²) in [6.45, 7) is 6.56. The molecule has 0 unspecified atom stereocenters. The third-order valence-electron chi connectivity index (χ3n) is 3.70. The number of amides is 2. The van der Waals surface area contributed by atoms with Crippen LogP contribution in [-0.2, 0) is 9.53 Å². The molecule has 2 amide bonds. The summed E-state index contributed by atoms with van der Waals surface area (Å²) in [5.41, 5.74) is 0.145. The van der Waals surface area contributed by atoms with Crippen LogP contribution in [0, 0.1) is 5.92 Å². The van der Waals surface area contributed by atoms with E-state index in [2.05, 4.69) is 21.2 Å². The number of carbonyl (C=O) groups is 2. The third-order valence-corrected chi connectivity index (χ3v) is 4.63. The van der Waals surface area contributed by atoms with Crippen molar-refractivity contribution in [3.63, 3.8) is 0 Å². The van der Waals surface area contributed by atoms with Crippen molar-refractivity contribution in [3.05, 3.63) is 27.7 Å². The van der Waals surface area contributed by atoms with Crippen LogP contribution in [0.3, 0.4) is 0 Å². The van der Waals surface area contributed by atoms with Crippen molar-refractivity contribution in [3.8, 4) is 0 Å². The molecular weight excluding hydrogens is 396 g/mol. The van der Waals surface area contributed by atoms with Gasteiger partial charge in [0.05, 0.1) is 5.69 Å². The van der Waals surface area contributed by atoms with Crippen LogP contribution in [-0.4, -0.2) is 35.6 Å². The van der Waals surface area contributed by atoms with Crippen LogP contribution in [0.4, 0.5) is 10.5 Å². The van der Waals surface area contributed by atoms with Gasteiger partial charge in [0.25, 0.3) is 0 Å².